The van der Waals surface area contributed by atoms with Crippen molar-refractivity contribution in [1.29, 1.82) is 0 Å². The molecule has 0 radical (unpaired) electrons. The molecule has 0 amide bonds. The topological polar surface area (TPSA) is 22.4 Å². The lowest BCUT2D eigenvalue weighted by Crippen LogP contribution is -1.93. The van der Waals surface area contributed by atoms with E-state index in [1.807, 2.05) is 36.4 Å². The maximum absolute atomic E-state index is 5.54. The molecule has 4 heteroatoms. The molecule has 0 N–H and O–H groups in total. The Balaban J connectivity index is 1.99. The van der Waals surface area contributed by atoms with Gasteiger partial charge in [-0.3, -0.25) is 0 Å². The van der Waals surface area contributed by atoms with E-state index in [9.17, 15) is 0 Å². The van der Waals surface area contributed by atoms with Crippen LogP contribution >= 0.6 is 31.9 Å². The third-order valence-corrected chi connectivity index (χ3v) is 2.73. The maximum Gasteiger partial charge on any atom is 0.169 e. The lowest BCUT2D eigenvalue weighted by molar-refractivity contribution is 0.267. The van der Waals surface area contributed by atoms with Gasteiger partial charge in [0.1, 0.15) is 18.1 Å². The van der Waals surface area contributed by atoms with E-state index in [2.05, 4.69) is 31.9 Å². The fourth-order valence-corrected chi connectivity index (χ4v) is 1.86. The summed E-state index contributed by atoms with van der Waals surface area (Å²) in [5.41, 5.74) is 0. The third-order valence-electron chi connectivity index (χ3n) is 1.81. The molecule has 0 unspecified atom stereocenters. The van der Waals surface area contributed by atoms with Gasteiger partial charge in [0.2, 0.25) is 0 Å². The minimum Gasteiger partial charge on any atom is -0.486 e. The summed E-state index contributed by atoms with van der Waals surface area (Å²) in [6, 6.07) is 11.4. The van der Waals surface area contributed by atoms with Gasteiger partial charge in [0, 0.05) is 4.47 Å². The molecule has 0 saturated heterocycles. The van der Waals surface area contributed by atoms with E-state index in [4.69, 9.17) is 9.15 Å². The van der Waals surface area contributed by atoms with Crippen LogP contribution in [0.25, 0.3) is 0 Å². The lowest BCUT2D eigenvalue weighted by Gasteiger charge is -2.03. The summed E-state index contributed by atoms with van der Waals surface area (Å²) in [6.07, 6.45) is 0. The van der Waals surface area contributed by atoms with E-state index in [-0.39, 0.29) is 0 Å². The molecular formula is C11H8Br2O2. The second kappa shape index (κ2) is 4.86. The molecule has 0 saturated carbocycles. The van der Waals surface area contributed by atoms with Gasteiger partial charge in [-0.15, -0.1) is 0 Å². The van der Waals surface area contributed by atoms with Crippen molar-refractivity contribution in [2.45, 2.75) is 6.61 Å². The first-order valence-corrected chi connectivity index (χ1v) is 5.95. The Bertz CT molecular complexity index is 451. The molecule has 0 spiro atoms. The largest absolute Gasteiger partial charge is 0.486 e. The van der Waals surface area contributed by atoms with Crippen LogP contribution < -0.4 is 4.74 Å². The molecular weight excluding hydrogens is 324 g/mol. The van der Waals surface area contributed by atoms with Crippen LogP contribution in [-0.4, -0.2) is 0 Å². The minimum atomic E-state index is 0.433. The highest BCUT2D eigenvalue weighted by atomic mass is 79.9. The lowest BCUT2D eigenvalue weighted by atomic mass is 10.3. The number of hydrogen-bond donors (Lipinski definition) is 0. The first kappa shape index (κ1) is 10.8. The molecule has 1 heterocycles. The van der Waals surface area contributed by atoms with Gasteiger partial charge >= 0.3 is 0 Å². The normalized spacial score (nSPS) is 10.3. The molecule has 1 aromatic heterocycles. The zero-order valence-electron chi connectivity index (χ0n) is 7.74. The van der Waals surface area contributed by atoms with Crippen LogP contribution in [0.2, 0.25) is 0 Å². The van der Waals surface area contributed by atoms with Crippen LogP contribution in [0.4, 0.5) is 0 Å². The van der Waals surface area contributed by atoms with E-state index in [1.54, 1.807) is 0 Å². The summed E-state index contributed by atoms with van der Waals surface area (Å²) < 4.78 is 12.6. The van der Waals surface area contributed by atoms with Crippen LogP contribution in [-0.2, 0) is 6.61 Å². The van der Waals surface area contributed by atoms with Gasteiger partial charge in [-0.1, -0.05) is 22.0 Å². The first-order chi connectivity index (χ1) is 7.24. The standard InChI is InChI=1S/C11H8Br2O2/c12-8-2-1-3-9(6-8)14-7-10-4-5-11(13)15-10/h1-6H,7H2. The highest BCUT2D eigenvalue weighted by molar-refractivity contribution is 9.10. The van der Waals surface area contributed by atoms with Gasteiger partial charge in [-0.2, -0.15) is 0 Å². The van der Waals surface area contributed by atoms with Gasteiger partial charge < -0.3 is 9.15 Å². The van der Waals surface area contributed by atoms with Gasteiger partial charge in [-0.05, 0) is 46.3 Å². The molecule has 0 bridgehead atoms. The molecule has 2 nitrogen and oxygen atoms in total. The number of hydrogen-bond acceptors (Lipinski definition) is 2. The Morgan fingerprint density at radius 2 is 2.00 bits per heavy atom. The monoisotopic (exact) mass is 330 g/mol. The maximum atomic E-state index is 5.54. The fourth-order valence-electron chi connectivity index (χ4n) is 1.14. The van der Waals surface area contributed by atoms with Crippen LogP contribution in [0.3, 0.4) is 0 Å². The zero-order valence-corrected chi connectivity index (χ0v) is 10.9. The number of halogens is 2. The van der Waals surface area contributed by atoms with Crippen LogP contribution in [0.1, 0.15) is 5.76 Å². The minimum absolute atomic E-state index is 0.433. The summed E-state index contributed by atoms with van der Waals surface area (Å²) in [4.78, 5) is 0. The predicted molar refractivity (Wildman–Crippen MR) is 64.9 cm³/mol. The van der Waals surface area contributed by atoms with Gasteiger partial charge in [-0.25, -0.2) is 0 Å². The van der Waals surface area contributed by atoms with Crippen molar-refractivity contribution >= 4 is 31.9 Å². The van der Waals surface area contributed by atoms with Crippen molar-refractivity contribution in [3.8, 4) is 5.75 Å². The van der Waals surface area contributed by atoms with Gasteiger partial charge in [0.05, 0.1) is 0 Å². The molecule has 1 aromatic carbocycles. The summed E-state index contributed by atoms with van der Waals surface area (Å²) >= 11 is 6.62. The third kappa shape index (κ3) is 3.11. The molecule has 15 heavy (non-hydrogen) atoms. The molecule has 0 aliphatic heterocycles. The van der Waals surface area contributed by atoms with Crippen LogP contribution in [0.15, 0.2) is 50.0 Å². The van der Waals surface area contributed by atoms with Crippen LogP contribution in [0, 0.1) is 0 Å². The first-order valence-electron chi connectivity index (χ1n) is 4.36. The molecule has 0 fully saturated rings. The highest BCUT2D eigenvalue weighted by Crippen LogP contribution is 2.20. The SMILES string of the molecule is Brc1cccc(OCc2ccc(Br)o2)c1. The number of rotatable bonds is 3. The fraction of sp³-hybridized carbons (Fsp3) is 0.0909. The number of ether oxygens (including phenoxy) is 1. The Labute approximate surface area is 104 Å². The zero-order chi connectivity index (χ0) is 10.7. The molecule has 0 atom stereocenters. The Hall–Kier alpha value is -0.740. The Morgan fingerprint density at radius 1 is 1.13 bits per heavy atom. The second-order valence-corrected chi connectivity index (χ2v) is 4.65. The molecule has 78 valence electrons. The van der Waals surface area contributed by atoms with Crippen molar-refractivity contribution in [2.75, 3.05) is 0 Å². The van der Waals surface area contributed by atoms with E-state index >= 15 is 0 Å². The molecule has 0 aliphatic rings. The Morgan fingerprint density at radius 3 is 2.67 bits per heavy atom. The molecule has 2 aromatic rings. The van der Waals surface area contributed by atoms with Crippen LogP contribution in [0.5, 0.6) is 5.75 Å². The smallest absolute Gasteiger partial charge is 0.169 e. The average molecular weight is 332 g/mol. The van der Waals surface area contributed by atoms with E-state index < -0.39 is 0 Å². The summed E-state index contributed by atoms with van der Waals surface area (Å²) in [5.74, 6) is 1.61. The molecule has 2 rings (SSSR count). The number of benzene rings is 1. The Kier molecular flexibility index (Phi) is 3.49. The van der Waals surface area contributed by atoms with Gasteiger partial charge in [0.25, 0.3) is 0 Å². The summed E-state index contributed by atoms with van der Waals surface area (Å²) in [7, 11) is 0. The average Bonchev–Trinajstić information content (AvgIpc) is 2.62. The van der Waals surface area contributed by atoms with E-state index in [0.717, 1.165) is 20.7 Å². The van der Waals surface area contributed by atoms with Crippen molar-refractivity contribution in [1.82, 2.24) is 0 Å². The highest BCUT2D eigenvalue weighted by Gasteiger charge is 2.00. The predicted octanol–water partition coefficient (Wildman–Crippen LogP) is 4.38. The quantitative estimate of drug-likeness (QED) is 0.832. The summed E-state index contributed by atoms with van der Waals surface area (Å²) in [6.45, 7) is 0.433. The second-order valence-electron chi connectivity index (χ2n) is 2.95. The van der Waals surface area contributed by atoms with Crippen molar-refractivity contribution in [3.05, 3.63) is 51.3 Å². The van der Waals surface area contributed by atoms with Crippen molar-refractivity contribution in [3.63, 3.8) is 0 Å². The number of furan rings is 1. The van der Waals surface area contributed by atoms with E-state index in [0.29, 0.717) is 6.61 Å². The molecule has 0 aliphatic carbocycles. The van der Waals surface area contributed by atoms with E-state index in [1.165, 1.54) is 0 Å². The van der Waals surface area contributed by atoms with Crippen molar-refractivity contribution in [2.24, 2.45) is 0 Å². The van der Waals surface area contributed by atoms with Crippen molar-refractivity contribution < 1.29 is 9.15 Å². The summed E-state index contributed by atoms with van der Waals surface area (Å²) in [5, 5.41) is 0. The van der Waals surface area contributed by atoms with Gasteiger partial charge in [0.15, 0.2) is 4.67 Å².